The standard InChI is InChI=1S/C17H21N3O4/c21-20(22)15-6-4-14(5-7-15)16-13-18-17(24-16)3-1-2-8-19-9-11-23-12-10-19/h1-8,16-18H,9-13H2/b3-1-,8-2+. The van der Waals surface area contributed by atoms with Crippen LogP contribution in [0.4, 0.5) is 5.69 Å². The third-order valence-electron chi connectivity index (χ3n) is 4.03. The van der Waals surface area contributed by atoms with Gasteiger partial charge in [0, 0.05) is 31.8 Å². The van der Waals surface area contributed by atoms with E-state index in [0.29, 0.717) is 6.54 Å². The fourth-order valence-electron chi connectivity index (χ4n) is 2.68. The molecular formula is C17H21N3O4. The van der Waals surface area contributed by atoms with E-state index in [-0.39, 0.29) is 18.0 Å². The first kappa shape index (κ1) is 16.6. The fraction of sp³-hybridized carbons (Fsp3) is 0.412. The van der Waals surface area contributed by atoms with Crippen molar-refractivity contribution in [2.45, 2.75) is 12.3 Å². The zero-order chi connectivity index (χ0) is 16.8. The fourth-order valence-corrected chi connectivity index (χ4v) is 2.68. The first-order valence-corrected chi connectivity index (χ1v) is 8.02. The zero-order valence-electron chi connectivity index (χ0n) is 13.3. The highest BCUT2D eigenvalue weighted by Gasteiger charge is 2.24. The first-order chi connectivity index (χ1) is 11.7. The minimum absolute atomic E-state index is 0.0920. The molecule has 0 aromatic heterocycles. The smallest absolute Gasteiger partial charge is 0.269 e. The minimum Gasteiger partial charge on any atom is -0.378 e. The Bertz CT molecular complexity index is 609. The van der Waals surface area contributed by atoms with Gasteiger partial charge in [0.25, 0.3) is 5.69 Å². The lowest BCUT2D eigenvalue weighted by Crippen LogP contribution is -2.31. The van der Waals surface area contributed by atoms with Crippen molar-refractivity contribution in [2.75, 3.05) is 32.8 Å². The van der Waals surface area contributed by atoms with Crippen molar-refractivity contribution in [2.24, 2.45) is 0 Å². The Kier molecular flexibility index (Phi) is 5.58. The summed E-state index contributed by atoms with van der Waals surface area (Å²) in [6.45, 7) is 4.08. The molecule has 0 radical (unpaired) electrons. The summed E-state index contributed by atoms with van der Waals surface area (Å²) in [4.78, 5) is 12.5. The maximum absolute atomic E-state index is 10.7. The van der Waals surface area contributed by atoms with E-state index in [2.05, 4.69) is 16.4 Å². The third-order valence-corrected chi connectivity index (χ3v) is 4.03. The van der Waals surface area contributed by atoms with Crippen LogP contribution in [0.5, 0.6) is 0 Å². The van der Waals surface area contributed by atoms with Crippen LogP contribution in [0.15, 0.2) is 48.7 Å². The molecule has 0 amide bonds. The van der Waals surface area contributed by atoms with Gasteiger partial charge < -0.3 is 14.4 Å². The second kappa shape index (κ2) is 8.05. The van der Waals surface area contributed by atoms with Crippen molar-refractivity contribution in [3.05, 3.63) is 64.4 Å². The molecule has 1 N–H and O–H groups in total. The number of morpholine rings is 1. The molecule has 0 saturated carbocycles. The van der Waals surface area contributed by atoms with Crippen LogP contribution >= 0.6 is 0 Å². The van der Waals surface area contributed by atoms with Gasteiger partial charge in [-0.25, -0.2) is 0 Å². The summed E-state index contributed by atoms with van der Waals surface area (Å²) in [6, 6.07) is 6.50. The quantitative estimate of drug-likeness (QED) is 0.505. The normalized spacial score (nSPS) is 24.9. The number of nitro groups is 1. The Morgan fingerprint density at radius 2 is 1.96 bits per heavy atom. The van der Waals surface area contributed by atoms with E-state index in [9.17, 15) is 10.1 Å². The molecule has 128 valence electrons. The van der Waals surface area contributed by atoms with Gasteiger partial charge >= 0.3 is 0 Å². The molecule has 0 aliphatic carbocycles. The molecule has 7 nitrogen and oxygen atoms in total. The number of benzene rings is 1. The highest BCUT2D eigenvalue weighted by molar-refractivity contribution is 5.34. The van der Waals surface area contributed by atoms with Gasteiger partial charge in [-0.2, -0.15) is 0 Å². The lowest BCUT2D eigenvalue weighted by Gasteiger charge is -2.24. The van der Waals surface area contributed by atoms with E-state index in [4.69, 9.17) is 9.47 Å². The van der Waals surface area contributed by atoms with Gasteiger partial charge in [0.2, 0.25) is 0 Å². The summed E-state index contributed by atoms with van der Waals surface area (Å²) in [7, 11) is 0. The number of hydrogen-bond acceptors (Lipinski definition) is 6. The molecule has 7 heteroatoms. The maximum Gasteiger partial charge on any atom is 0.269 e. The van der Waals surface area contributed by atoms with Crippen molar-refractivity contribution < 1.29 is 14.4 Å². The van der Waals surface area contributed by atoms with Crippen LogP contribution < -0.4 is 5.32 Å². The van der Waals surface area contributed by atoms with Crippen molar-refractivity contribution in [3.63, 3.8) is 0 Å². The van der Waals surface area contributed by atoms with Crippen molar-refractivity contribution in [1.82, 2.24) is 10.2 Å². The van der Waals surface area contributed by atoms with E-state index in [0.717, 1.165) is 31.9 Å². The lowest BCUT2D eigenvalue weighted by molar-refractivity contribution is -0.384. The SMILES string of the molecule is O=[N+]([O-])c1ccc(C2CNC(/C=C\C=C\N3CCOCC3)O2)cc1. The van der Waals surface area contributed by atoms with Gasteiger partial charge in [-0.3, -0.25) is 15.4 Å². The van der Waals surface area contributed by atoms with Crippen LogP contribution in [0, 0.1) is 10.1 Å². The molecular weight excluding hydrogens is 310 g/mol. The van der Waals surface area contributed by atoms with Crippen LogP contribution in [0.1, 0.15) is 11.7 Å². The Labute approximate surface area is 140 Å². The number of allylic oxidation sites excluding steroid dienone is 2. The van der Waals surface area contributed by atoms with E-state index in [1.165, 1.54) is 12.1 Å². The summed E-state index contributed by atoms with van der Waals surface area (Å²) in [5, 5.41) is 14.0. The summed E-state index contributed by atoms with van der Waals surface area (Å²) in [6.07, 6.45) is 7.73. The van der Waals surface area contributed by atoms with E-state index < -0.39 is 4.92 Å². The molecule has 2 saturated heterocycles. The minimum atomic E-state index is -0.399. The Morgan fingerprint density at radius 1 is 1.21 bits per heavy atom. The highest BCUT2D eigenvalue weighted by atomic mass is 16.6. The Hall–Kier alpha value is -2.22. The number of hydrogen-bond donors (Lipinski definition) is 1. The summed E-state index contributed by atoms with van der Waals surface area (Å²) in [5.41, 5.74) is 1.03. The van der Waals surface area contributed by atoms with Gasteiger partial charge in [0.15, 0.2) is 0 Å². The summed E-state index contributed by atoms with van der Waals surface area (Å²) in [5.74, 6) is 0. The molecule has 3 rings (SSSR count). The van der Waals surface area contributed by atoms with Crippen LogP contribution in [0.3, 0.4) is 0 Å². The second-order valence-corrected chi connectivity index (χ2v) is 5.68. The molecule has 2 fully saturated rings. The molecule has 1 aromatic carbocycles. The zero-order valence-corrected chi connectivity index (χ0v) is 13.3. The summed E-state index contributed by atoms with van der Waals surface area (Å²) >= 11 is 0. The van der Waals surface area contributed by atoms with E-state index in [1.54, 1.807) is 12.1 Å². The molecule has 2 unspecified atom stereocenters. The van der Waals surface area contributed by atoms with Crippen molar-refractivity contribution in [1.29, 1.82) is 0 Å². The largest absolute Gasteiger partial charge is 0.378 e. The van der Waals surface area contributed by atoms with Gasteiger partial charge in [0.1, 0.15) is 6.23 Å². The average molecular weight is 331 g/mol. The monoisotopic (exact) mass is 331 g/mol. The van der Waals surface area contributed by atoms with Gasteiger partial charge in [0.05, 0.1) is 24.2 Å². The van der Waals surface area contributed by atoms with Crippen LogP contribution in [-0.4, -0.2) is 48.9 Å². The highest BCUT2D eigenvalue weighted by Crippen LogP contribution is 2.25. The predicted molar refractivity (Wildman–Crippen MR) is 89.4 cm³/mol. The number of non-ortho nitro benzene ring substituents is 1. The van der Waals surface area contributed by atoms with Crippen LogP contribution in [0.25, 0.3) is 0 Å². The topological polar surface area (TPSA) is 76.9 Å². The molecule has 2 atom stereocenters. The summed E-state index contributed by atoms with van der Waals surface area (Å²) < 4.78 is 11.2. The van der Waals surface area contributed by atoms with Crippen molar-refractivity contribution in [3.8, 4) is 0 Å². The molecule has 0 bridgehead atoms. The number of nitro benzene ring substituents is 1. The Morgan fingerprint density at radius 3 is 2.67 bits per heavy atom. The molecule has 24 heavy (non-hydrogen) atoms. The number of nitrogens with zero attached hydrogens (tertiary/aromatic N) is 2. The number of ether oxygens (including phenoxy) is 2. The maximum atomic E-state index is 10.7. The van der Waals surface area contributed by atoms with Crippen LogP contribution in [-0.2, 0) is 9.47 Å². The van der Waals surface area contributed by atoms with Crippen LogP contribution in [0.2, 0.25) is 0 Å². The second-order valence-electron chi connectivity index (χ2n) is 5.68. The molecule has 1 aromatic rings. The van der Waals surface area contributed by atoms with Crippen molar-refractivity contribution >= 4 is 5.69 Å². The van der Waals surface area contributed by atoms with Gasteiger partial charge in [-0.15, -0.1) is 0 Å². The molecule has 2 aliphatic heterocycles. The number of rotatable bonds is 5. The molecule has 2 aliphatic rings. The van der Waals surface area contributed by atoms with E-state index >= 15 is 0 Å². The number of nitrogens with one attached hydrogen (secondary N) is 1. The Balaban J connectivity index is 1.48. The average Bonchev–Trinajstić information content (AvgIpc) is 3.09. The lowest BCUT2D eigenvalue weighted by atomic mass is 10.1. The third kappa shape index (κ3) is 4.41. The molecule has 0 spiro atoms. The van der Waals surface area contributed by atoms with Gasteiger partial charge in [-0.05, 0) is 36.0 Å². The predicted octanol–water partition coefficient (Wildman–Crippen LogP) is 1.98. The molecule has 2 heterocycles. The first-order valence-electron chi connectivity index (χ1n) is 8.02. The van der Waals surface area contributed by atoms with Gasteiger partial charge in [-0.1, -0.05) is 6.08 Å². The van der Waals surface area contributed by atoms with E-state index in [1.807, 2.05) is 18.2 Å².